The lowest BCUT2D eigenvalue weighted by Crippen LogP contribution is -2.19. The van der Waals surface area contributed by atoms with Crippen molar-refractivity contribution in [3.63, 3.8) is 0 Å². The van der Waals surface area contributed by atoms with Crippen molar-refractivity contribution in [3.8, 4) is 5.75 Å². The smallest absolute Gasteiger partial charge is 0.323 e. The maximum atomic E-state index is 12.3. The number of methoxy groups -OCH3 is 1. The molecule has 146 valence electrons. The summed E-state index contributed by atoms with van der Waals surface area (Å²) in [7, 11) is 1.59. The number of nitrogens with one attached hydrogen (secondary N) is 3. The van der Waals surface area contributed by atoms with Crippen molar-refractivity contribution in [1.82, 2.24) is 9.97 Å². The summed E-state index contributed by atoms with van der Waals surface area (Å²) in [5, 5.41) is 5.69. The molecule has 0 aliphatic rings. The van der Waals surface area contributed by atoms with E-state index in [2.05, 4.69) is 20.6 Å². The molecule has 0 unspecified atom stereocenters. The summed E-state index contributed by atoms with van der Waals surface area (Å²) in [5.74, 6) is 1.65. The zero-order valence-corrected chi connectivity index (χ0v) is 16.1. The lowest BCUT2D eigenvalue weighted by molar-refractivity contribution is 0.262. The number of para-hydroxylation sites is 2. The second kappa shape index (κ2) is 8.48. The van der Waals surface area contributed by atoms with E-state index in [-0.39, 0.29) is 6.03 Å². The SMILES string of the molecule is COc1cccc(NC(=O)Nc2cccc(CCc3nc4ccccc4[nH]3)c2)c1. The first kappa shape index (κ1) is 18.6. The van der Waals surface area contributed by atoms with Gasteiger partial charge >= 0.3 is 6.03 Å². The Morgan fingerprint density at radius 1 is 0.931 bits per heavy atom. The maximum Gasteiger partial charge on any atom is 0.323 e. The van der Waals surface area contributed by atoms with E-state index in [0.29, 0.717) is 11.4 Å². The van der Waals surface area contributed by atoms with Crippen LogP contribution >= 0.6 is 0 Å². The largest absolute Gasteiger partial charge is 0.497 e. The Morgan fingerprint density at radius 2 is 1.69 bits per heavy atom. The summed E-state index contributed by atoms with van der Waals surface area (Å²) in [5.41, 5.74) is 4.57. The van der Waals surface area contributed by atoms with Gasteiger partial charge in [-0.2, -0.15) is 0 Å². The third-order valence-electron chi connectivity index (χ3n) is 4.60. The summed E-state index contributed by atoms with van der Waals surface area (Å²) in [6.07, 6.45) is 1.63. The van der Waals surface area contributed by atoms with Crippen LogP contribution in [0.3, 0.4) is 0 Å². The van der Waals surface area contributed by atoms with Crippen molar-refractivity contribution in [1.29, 1.82) is 0 Å². The van der Waals surface area contributed by atoms with Crippen LogP contribution in [0.5, 0.6) is 5.75 Å². The molecule has 29 heavy (non-hydrogen) atoms. The number of imidazole rings is 1. The molecule has 0 aliphatic heterocycles. The van der Waals surface area contributed by atoms with Crippen LogP contribution in [0.1, 0.15) is 11.4 Å². The quantitative estimate of drug-likeness (QED) is 0.436. The highest BCUT2D eigenvalue weighted by Crippen LogP contribution is 2.18. The molecule has 0 atom stereocenters. The molecule has 3 aromatic carbocycles. The maximum absolute atomic E-state index is 12.3. The minimum absolute atomic E-state index is 0.298. The van der Waals surface area contributed by atoms with Crippen molar-refractivity contribution in [3.05, 3.63) is 84.2 Å². The zero-order valence-electron chi connectivity index (χ0n) is 16.1. The number of carbonyl (C=O) groups is 1. The molecule has 0 radical (unpaired) electrons. The van der Waals surface area contributed by atoms with Gasteiger partial charge in [0.2, 0.25) is 0 Å². The number of ether oxygens (including phenoxy) is 1. The number of aromatic amines is 1. The molecule has 0 saturated heterocycles. The number of hydrogen-bond acceptors (Lipinski definition) is 3. The standard InChI is InChI=1S/C23H22N4O2/c1-29-19-9-5-8-18(15-19)25-23(28)24-17-7-4-6-16(14-17)12-13-22-26-20-10-2-3-11-21(20)27-22/h2-11,14-15H,12-13H2,1H3,(H,26,27)(H2,24,25,28). The predicted molar refractivity (Wildman–Crippen MR) is 116 cm³/mol. The van der Waals surface area contributed by atoms with Gasteiger partial charge in [0.15, 0.2) is 0 Å². The number of carbonyl (C=O) groups excluding carboxylic acids is 1. The van der Waals surface area contributed by atoms with Gasteiger partial charge in [-0.3, -0.25) is 0 Å². The van der Waals surface area contributed by atoms with Gasteiger partial charge < -0.3 is 20.4 Å². The number of urea groups is 1. The fourth-order valence-corrected chi connectivity index (χ4v) is 3.19. The highest BCUT2D eigenvalue weighted by Gasteiger charge is 2.06. The Kier molecular flexibility index (Phi) is 5.42. The van der Waals surface area contributed by atoms with Crippen molar-refractivity contribution in [2.75, 3.05) is 17.7 Å². The number of hydrogen-bond donors (Lipinski definition) is 3. The second-order valence-electron chi connectivity index (χ2n) is 6.71. The number of aryl methyl sites for hydroxylation is 2. The first-order chi connectivity index (χ1) is 14.2. The van der Waals surface area contributed by atoms with E-state index in [1.807, 2.05) is 66.7 Å². The molecule has 0 aliphatic carbocycles. The van der Waals surface area contributed by atoms with Crippen LogP contribution in [-0.2, 0) is 12.8 Å². The summed E-state index contributed by atoms with van der Waals surface area (Å²) < 4.78 is 5.17. The average molecular weight is 386 g/mol. The molecule has 3 N–H and O–H groups in total. The first-order valence-corrected chi connectivity index (χ1v) is 9.44. The van der Waals surface area contributed by atoms with Gasteiger partial charge in [-0.1, -0.05) is 30.3 Å². The monoisotopic (exact) mass is 386 g/mol. The molecular weight excluding hydrogens is 364 g/mol. The summed E-state index contributed by atoms with van der Waals surface area (Å²) >= 11 is 0. The van der Waals surface area contributed by atoms with Gasteiger partial charge in [0.05, 0.1) is 18.1 Å². The normalized spacial score (nSPS) is 10.7. The van der Waals surface area contributed by atoms with Gasteiger partial charge in [0.1, 0.15) is 11.6 Å². The predicted octanol–water partition coefficient (Wildman–Crippen LogP) is 5.00. The molecule has 0 saturated carbocycles. The third kappa shape index (κ3) is 4.73. The fraction of sp³-hybridized carbons (Fsp3) is 0.130. The van der Waals surface area contributed by atoms with Gasteiger partial charge in [-0.15, -0.1) is 0 Å². The number of anilines is 2. The molecule has 1 aromatic heterocycles. The van der Waals surface area contributed by atoms with E-state index in [1.54, 1.807) is 13.2 Å². The van der Waals surface area contributed by atoms with Crippen LogP contribution in [0.2, 0.25) is 0 Å². The van der Waals surface area contributed by atoms with E-state index in [0.717, 1.165) is 41.0 Å². The number of rotatable bonds is 6. The van der Waals surface area contributed by atoms with Gasteiger partial charge in [0.25, 0.3) is 0 Å². The summed E-state index contributed by atoms with van der Waals surface area (Å²) in [4.78, 5) is 20.3. The molecule has 2 amide bonds. The molecule has 0 spiro atoms. The van der Waals surface area contributed by atoms with Crippen molar-refractivity contribution in [2.45, 2.75) is 12.8 Å². The molecule has 0 fully saturated rings. The molecule has 4 rings (SSSR count). The molecule has 6 heteroatoms. The van der Waals surface area contributed by atoms with E-state index < -0.39 is 0 Å². The highest BCUT2D eigenvalue weighted by molar-refractivity contribution is 5.99. The Labute approximate surface area is 168 Å². The summed E-state index contributed by atoms with van der Waals surface area (Å²) in [6.45, 7) is 0. The minimum atomic E-state index is -0.298. The Bertz CT molecular complexity index is 1100. The topological polar surface area (TPSA) is 79.0 Å². The van der Waals surface area contributed by atoms with E-state index in [1.165, 1.54) is 0 Å². The summed E-state index contributed by atoms with van der Waals surface area (Å²) in [6, 6.07) is 22.8. The fourth-order valence-electron chi connectivity index (χ4n) is 3.19. The van der Waals surface area contributed by atoms with Crippen LogP contribution in [0.15, 0.2) is 72.8 Å². The highest BCUT2D eigenvalue weighted by atomic mass is 16.5. The molecule has 4 aromatic rings. The minimum Gasteiger partial charge on any atom is -0.497 e. The van der Waals surface area contributed by atoms with Gasteiger partial charge in [-0.25, -0.2) is 9.78 Å². The number of nitrogens with zero attached hydrogens (tertiary/aromatic N) is 1. The number of amides is 2. The average Bonchev–Trinajstić information content (AvgIpc) is 3.15. The Hall–Kier alpha value is -3.80. The van der Waals surface area contributed by atoms with Crippen molar-refractivity contribution < 1.29 is 9.53 Å². The zero-order chi connectivity index (χ0) is 20.1. The lowest BCUT2D eigenvalue weighted by Gasteiger charge is -2.10. The number of H-pyrrole nitrogens is 1. The van der Waals surface area contributed by atoms with Crippen molar-refractivity contribution in [2.24, 2.45) is 0 Å². The van der Waals surface area contributed by atoms with Crippen molar-refractivity contribution >= 4 is 28.4 Å². The van der Waals surface area contributed by atoms with Gasteiger partial charge in [0, 0.05) is 23.9 Å². The van der Waals surface area contributed by atoms with Gasteiger partial charge in [-0.05, 0) is 48.4 Å². The van der Waals surface area contributed by atoms with Crippen LogP contribution in [-0.4, -0.2) is 23.1 Å². The Morgan fingerprint density at radius 3 is 2.48 bits per heavy atom. The van der Waals surface area contributed by atoms with Crippen LogP contribution in [0, 0.1) is 0 Å². The first-order valence-electron chi connectivity index (χ1n) is 9.44. The second-order valence-corrected chi connectivity index (χ2v) is 6.71. The molecular formula is C23H22N4O2. The number of benzene rings is 3. The number of aromatic nitrogens is 2. The van der Waals surface area contributed by atoms with E-state index >= 15 is 0 Å². The molecule has 6 nitrogen and oxygen atoms in total. The van der Waals surface area contributed by atoms with Crippen LogP contribution in [0.25, 0.3) is 11.0 Å². The lowest BCUT2D eigenvalue weighted by atomic mass is 10.1. The Balaban J connectivity index is 1.37. The number of fused-ring (bicyclic) bond motifs is 1. The van der Waals surface area contributed by atoms with E-state index in [4.69, 9.17) is 4.74 Å². The molecule has 1 heterocycles. The van der Waals surface area contributed by atoms with E-state index in [9.17, 15) is 4.79 Å². The molecule has 0 bridgehead atoms. The third-order valence-corrected chi connectivity index (χ3v) is 4.60. The van der Waals surface area contributed by atoms with Crippen LogP contribution in [0.4, 0.5) is 16.2 Å². The van der Waals surface area contributed by atoms with Crippen LogP contribution < -0.4 is 15.4 Å².